The van der Waals surface area contributed by atoms with E-state index in [0.717, 1.165) is 36.7 Å². The van der Waals surface area contributed by atoms with Crippen LogP contribution in [0.2, 0.25) is 0 Å². The van der Waals surface area contributed by atoms with Gasteiger partial charge >= 0.3 is 0 Å². The first kappa shape index (κ1) is 15.4. The third-order valence-electron chi connectivity index (χ3n) is 3.14. The SMILES string of the molecule is CCCNCc1cncc(N(CC)c2ccc(F)cc2)n1. The molecule has 0 aliphatic carbocycles. The van der Waals surface area contributed by atoms with E-state index in [2.05, 4.69) is 22.2 Å². The van der Waals surface area contributed by atoms with Gasteiger partial charge in [0.2, 0.25) is 0 Å². The Morgan fingerprint density at radius 1 is 1.14 bits per heavy atom. The molecule has 2 aromatic rings. The van der Waals surface area contributed by atoms with Gasteiger partial charge in [-0.3, -0.25) is 4.98 Å². The average molecular weight is 288 g/mol. The van der Waals surface area contributed by atoms with Crippen LogP contribution in [0, 0.1) is 5.82 Å². The summed E-state index contributed by atoms with van der Waals surface area (Å²) in [5.41, 5.74) is 1.81. The summed E-state index contributed by atoms with van der Waals surface area (Å²) < 4.78 is 13.0. The summed E-state index contributed by atoms with van der Waals surface area (Å²) >= 11 is 0. The lowest BCUT2D eigenvalue weighted by Gasteiger charge is -2.22. The van der Waals surface area contributed by atoms with E-state index < -0.39 is 0 Å². The second-order valence-corrected chi connectivity index (χ2v) is 4.77. The van der Waals surface area contributed by atoms with E-state index in [1.165, 1.54) is 12.1 Å². The minimum atomic E-state index is -0.238. The smallest absolute Gasteiger partial charge is 0.151 e. The minimum Gasteiger partial charge on any atom is -0.325 e. The van der Waals surface area contributed by atoms with Crippen molar-refractivity contribution in [3.05, 3.63) is 48.2 Å². The van der Waals surface area contributed by atoms with Crippen molar-refractivity contribution in [2.75, 3.05) is 18.0 Å². The van der Waals surface area contributed by atoms with Crippen LogP contribution < -0.4 is 10.2 Å². The molecule has 1 heterocycles. The third kappa shape index (κ3) is 4.23. The van der Waals surface area contributed by atoms with Crippen LogP contribution in [-0.2, 0) is 6.54 Å². The highest BCUT2D eigenvalue weighted by Gasteiger charge is 2.10. The predicted molar refractivity (Wildman–Crippen MR) is 83.1 cm³/mol. The van der Waals surface area contributed by atoms with E-state index >= 15 is 0 Å². The molecule has 0 saturated heterocycles. The molecule has 1 N–H and O–H groups in total. The van der Waals surface area contributed by atoms with Gasteiger partial charge in [-0.2, -0.15) is 0 Å². The molecule has 0 aliphatic heterocycles. The maximum atomic E-state index is 13.0. The lowest BCUT2D eigenvalue weighted by molar-refractivity contribution is 0.627. The topological polar surface area (TPSA) is 41.1 Å². The number of halogens is 1. The summed E-state index contributed by atoms with van der Waals surface area (Å²) in [4.78, 5) is 10.9. The van der Waals surface area contributed by atoms with Crippen molar-refractivity contribution in [2.45, 2.75) is 26.8 Å². The van der Waals surface area contributed by atoms with Gasteiger partial charge in [0.05, 0.1) is 11.9 Å². The molecule has 0 unspecified atom stereocenters. The van der Waals surface area contributed by atoms with Gasteiger partial charge in [0, 0.05) is 25.0 Å². The third-order valence-corrected chi connectivity index (χ3v) is 3.14. The summed E-state index contributed by atoms with van der Waals surface area (Å²) in [6.07, 6.45) is 4.59. The minimum absolute atomic E-state index is 0.238. The molecule has 1 aromatic carbocycles. The lowest BCUT2D eigenvalue weighted by atomic mass is 10.2. The van der Waals surface area contributed by atoms with Gasteiger partial charge in [0.1, 0.15) is 5.82 Å². The van der Waals surface area contributed by atoms with Crippen molar-refractivity contribution in [2.24, 2.45) is 0 Å². The van der Waals surface area contributed by atoms with Crippen molar-refractivity contribution >= 4 is 11.5 Å². The van der Waals surface area contributed by atoms with Gasteiger partial charge in [-0.25, -0.2) is 9.37 Å². The van der Waals surface area contributed by atoms with Crippen LogP contribution in [0.4, 0.5) is 15.9 Å². The normalized spacial score (nSPS) is 10.6. The molecule has 0 spiro atoms. The van der Waals surface area contributed by atoms with Crippen molar-refractivity contribution in [3.8, 4) is 0 Å². The molecule has 0 bridgehead atoms. The molecule has 2 rings (SSSR count). The molecule has 4 nitrogen and oxygen atoms in total. The second-order valence-electron chi connectivity index (χ2n) is 4.77. The van der Waals surface area contributed by atoms with E-state index in [1.807, 2.05) is 11.8 Å². The summed E-state index contributed by atoms with van der Waals surface area (Å²) in [7, 11) is 0. The number of hydrogen-bond donors (Lipinski definition) is 1. The molecule has 5 heteroatoms. The summed E-state index contributed by atoms with van der Waals surface area (Å²) in [5.74, 6) is 0.540. The highest BCUT2D eigenvalue weighted by molar-refractivity contribution is 5.58. The molecular weight excluding hydrogens is 267 g/mol. The van der Waals surface area contributed by atoms with E-state index in [1.54, 1.807) is 24.5 Å². The Hall–Kier alpha value is -2.01. The van der Waals surface area contributed by atoms with Crippen molar-refractivity contribution in [1.82, 2.24) is 15.3 Å². The molecule has 21 heavy (non-hydrogen) atoms. The van der Waals surface area contributed by atoms with E-state index in [0.29, 0.717) is 6.54 Å². The highest BCUT2D eigenvalue weighted by Crippen LogP contribution is 2.22. The Kier molecular flexibility index (Phi) is 5.63. The molecule has 0 aliphatic rings. The predicted octanol–water partition coefficient (Wildman–Crippen LogP) is 3.27. The number of aromatic nitrogens is 2. The number of nitrogens with one attached hydrogen (secondary N) is 1. The molecule has 0 amide bonds. The van der Waals surface area contributed by atoms with Crippen LogP contribution in [0.15, 0.2) is 36.7 Å². The molecule has 0 radical (unpaired) electrons. The first-order chi connectivity index (χ1) is 10.2. The molecule has 0 saturated carbocycles. The monoisotopic (exact) mass is 288 g/mol. The van der Waals surface area contributed by atoms with Crippen LogP contribution >= 0.6 is 0 Å². The lowest BCUT2D eigenvalue weighted by Crippen LogP contribution is -2.20. The van der Waals surface area contributed by atoms with Crippen LogP contribution in [0.3, 0.4) is 0 Å². The molecule has 112 valence electrons. The fourth-order valence-corrected chi connectivity index (χ4v) is 2.10. The molecular formula is C16H21FN4. The maximum Gasteiger partial charge on any atom is 0.151 e. The first-order valence-electron chi connectivity index (χ1n) is 7.29. The van der Waals surface area contributed by atoms with Crippen LogP contribution in [-0.4, -0.2) is 23.1 Å². The fraction of sp³-hybridized carbons (Fsp3) is 0.375. The summed E-state index contributed by atoms with van der Waals surface area (Å²) in [5, 5.41) is 3.31. The zero-order valence-corrected chi connectivity index (χ0v) is 12.5. The maximum absolute atomic E-state index is 13.0. The zero-order chi connectivity index (χ0) is 15.1. The van der Waals surface area contributed by atoms with Gasteiger partial charge in [0.25, 0.3) is 0 Å². The summed E-state index contributed by atoms with van der Waals surface area (Å²) in [6, 6.07) is 6.42. The number of rotatable bonds is 7. The highest BCUT2D eigenvalue weighted by atomic mass is 19.1. The number of benzene rings is 1. The Bertz CT molecular complexity index is 556. The Morgan fingerprint density at radius 3 is 2.57 bits per heavy atom. The molecule has 1 aromatic heterocycles. The summed E-state index contributed by atoms with van der Waals surface area (Å²) in [6.45, 7) is 6.57. The van der Waals surface area contributed by atoms with Gasteiger partial charge < -0.3 is 10.2 Å². The van der Waals surface area contributed by atoms with Crippen molar-refractivity contribution < 1.29 is 4.39 Å². The van der Waals surface area contributed by atoms with E-state index in [4.69, 9.17) is 0 Å². The van der Waals surface area contributed by atoms with Gasteiger partial charge in [-0.1, -0.05) is 6.92 Å². The largest absolute Gasteiger partial charge is 0.325 e. The van der Waals surface area contributed by atoms with Gasteiger partial charge in [-0.05, 0) is 44.2 Å². The van der Waals surface area contributed by atoms with Gasteiger partial charge in [0.15, 0.2) is 5.82 Å². The fourth-order valence-electron chi connectivity index (χ4n) is 2.10. The molecule has 0 fully saturated rings. The Morgan fingerprint density at radius 2 is 1.90 bits per heavy atom. The van der Waals surface area contributed by atoms with Gasteiger partial charge in [-0.15, -0.1) is 0 Å². The zero-order valence-electron chi connectivity index (χ0n) is 12.5. The second kappa shape index (κ2) is 7.69. The van der Waals surface area contributed by atoms with Crippen molar-refractivity contribution in [3.63, 3.8) is 0 Å². The van der Waals surface area contributed by atoms with Crippen LogP contribution in [0.5, 0.6) is 0 Å². The average Bonchev–Trinajstić information content (AvgIpc) is 2.51. The van der Waals surface area contributed by atoms with E-state index in [-0.39, 0.29) is 5.82 Å². The number of anilines is 2. The van der Waals surface area contributed by atoms with Crippen molar-refractivity contribution in [1.29, 1.82) is 0 Å². The Labute approximate surface area is 125 Å². The number of hydrogen-bond acceptors (Lipinski definition) is 4. The van der Waals surface area contributed by atoms with E-state index in [9.17, 15) is 4.39 Å². The molecule has 0 atom stereocenters. The van der Waals surface area contributed by atoms with Crippen LogP contribution in [0.1, 0.15) is 26.0 Å². The first-order valence-corrected chi connectivity index (χ1v) is 7.29. The van der Waals surface area contributed by atoms with Crippen LogP contribution in [0.25, 0.3) is 0 Å². The number of nitrogens with zero attached hydrogens (tertiary/aromatic N) is 3. The standard InChI is InChI=1S/C16H21FN4/c1-3-9-18-10-14-11-19-12-16(20-14)21(4-2)15-7-5-13(17)6-8-15/h5-8,11-12,18H,3-4,9-10H2,1-2H3. The quantitative estimate of drug-likeness (QED) is 0.794. The Balaban J connectivity index is 2.17.